The SMILES string of the molecule is N#Cc1sc(-c2ccoc2Cl)cc1N. The molecular formula is C9H5ClN2OS. The lowest BCUT2D eigenvalue weighted by Crippen LogP contribution is -1.81. The van der Waals surface area contributed by atoms with Crippen LogP contribution in [0.15, 0.2) is 22.8 Å². The van der Waals surface area contributed by atoms with Crippen LogP contribution in [0.25, 0.3) is 10.4 Å². The van der Waals surface area contributed by atoms with Crippen molar-refractivity contribution in [2.24, 2.45) is 0 Å². The van der Waals surface area contributed by atoms with Crippen LogP contribution in [0.5, 0.6) is 0 Å². The Balaban J connectivity index is 2.54. The minimum absolute atomic E-state index is 0.315. The maximum atomic E-state index is 8.72. The number of anilines is 1. The third kappa shape index (κ3) is 1.37. The quantitative estimate of drug-likeness (QED) is 0.810. The minimum Gasteiger partial charge on any atom is -0.452 e. The van der Waals surface area contributed by atoms with Crippen molar-refractivity contribution in [3.05, 3.63) is 28.5 Å². The lowest BCUT2D eigenvalue weighted by molar-refractivity contribution is 0.570. The molecule has 70 valence electrons. The Kier molecular flexibility index (Phi) is 2.20. The zero-order chi connectivity index (χ0) is 10.1. The van der Waals surface area contributed by atoms with Crippen molar-refractivity contribution in [2.45, 2.75) is 0 Å². The summed E-state index contributed by atoms with van der Waals surface area (Å²) < 4.78 is 4.95. The molecule has 0 amide bonds. The summed E-state index contributed by atoms with van der Waals surface area (Å²) in [5.74, 6) is 0. The molecule has 0 fully saturated rings. The predicted octanol–water partition coefficient (Wildman–Crippen LogP) is 3.12. The summed E-state index contributed by atoms with van der Waals surface area (Å²) in [7, 11) is 0. The molecule has 0 saturated carbocycles. The standard InChI is InChI=1S/C9H5ClN2OS/c10-9-5(1-2-13-9)7-3-6(12)8(4-11)14-7/h1-3H,12H2. The highest BCUT2D eigenvalue weighted by molar-refractivity contribution is 7.16. The summed E-state index contributed by atoms with van der Waals surface area (Å²) in [5.41, 5.74) is 6.87. The van der Waals surface area contributed by atoms with Gasteiger partial charge in [0.15, 0.2) is 0 Å². The van der Waals surface area contributed by atoms with E-state index in [9.17, 15) is 0 Å². The maximum Gasteiger partial charge on any atom is 0.201 e. The molecule has 0 aliphatic carbocycles. The van der Waals surface area contributed by atoms with Gasteiger partial charge in [0, 0.05) is 10.4 Å². The first-order valence-electron chi connectivity index (χ1n) is 3.75. The van der Waals surface area contributed by atoms with Gasteiger partial charge < -0.3 is 10.2 Å². The van der Waals surface area contributed by atoms with Crippen LogP contribution in [-0.4, -0.2) is 0 Å². The summed E-state index contributed by atoms with van der Waals surface area (Å²) in [6, 6.07) is 5.48. The molecule has 0 bridgehead atoms. The van der Waals surface area contributed by atoms with E-state index in [1.165, 1.54) is 17.6 Å². The van der Waals surface area contributed by atoms with Gasteiger partial charge in [-0.25, -0.2) is 0 Å². The van der Waals surface area contributed by atoms with Gasteiger partial charge in [-0.15, -0.1) is 11.3 Å². The number of hydrogen-bond donors (Lipinski definition) is 1. The second-order valence-corrected chi connectivity index (χ2v) is 4.01. The monoisotopic (exact) mass is 224 g/mol. The Morgan fingerprint density at radius 1 is 1.57 bits per heavy atom. The van der Waals surface area contributed by atoms with E-state index in [-0.39, 0.29) is 0 Å². The number of nitriles is 1. The van der Waals surface area contributed by atoms with Gasteiger partial charge in [-0.1, -0.05) is 0 Å². The van der Waals surface area contributed by atoms with Gasteiger partial charge >= 0.3 is 0 Å². The predicted molar refractivity (Wildman–Crippen MR) is 56.2 cm³/mol. The van der Waals surface area contributed by atoms with Crippen LogP contribution in [0.2, 0.25) is 5.22 Å². The largest absolute Gasteiger partial charge is 0.452 e. The molecule has 2 aromatic heterocycles. The summed E-state index contributed by atoms with van der Waals surface area (Å²) in [5, 5.41) is 9.04. The number of nitrogens with two attached hydrogens (primary N) is 1. The summed E-state index contributed by atoms with van der Waals surface area (Å²) in [4.78, 5) is 1.34. The smallest absolute Gasteiger partial charge is 0.201 e. The Morgan fingerprint density at radius 2 is 2.36 bits per heavy atom. The normalized spacial score (nSPS) is 10.0. The van der Waals surface area contributed by atoms with E-state index in [0.717, 1.165) is 10.4 Å². The number of rotatable bonds is 1. The third-order valence-corrected chi connectivity index (χ3v) is 3.13. The highest BCUT2D eigenvalue weighted by Gasteiger charge is 2.11. The number of halogens is 1. The lowest BCUT2D eigenvalue weighted by Gasteiger charge is -1.88. The Bertz CT molecular complexity index is 509. The van der Waals surface area contributed by atoms with Gasteiger partial charge in [-0.3, -0.25) is 0 Å². The van der Waals surface area contributed by atoms with Crippen molar-refractivity contribution in [2.75, 3.05) is 5.73 Å². The van der Waals surface area contributed by atoms with Crippen LogP contribution in [0.3, 0.4) is 0 Å². The van der Waals surface area contributed by atoms with Crippen LogP contribution in [0.4, 0.5) is 5.69 Å². The molecule has 2 rings (SSSR count). The van der Waals surface area contributed by atoms with Gasteiger partial charge in [0.1, 0.15) is 10.9 Å². The van der Waals surface area contributed by atoms with E-state index in [0.29, 0.717) is 15.8 Å². The van der Waals surface area contributed by atoms with Gasteiger partial charge in [0.25, 0.3) is 0 Å². The molecule has 0 unspecified atom stereocenters. The third-order valence-electron chi connectivity index (χ3n) is 1.75. The summed E-state index contributed by atoms with van der Waals surface area (Å²) in [6.45, 7) is 0. The zero-order valence-electron chi connectivity index (χ0n) is 6.95. The van der Waals surface area contributed by atoms with Gasteiger partial charge in [-0.05, 0) is 23.7 Å². The van der Waals surface area contributed by atoms with Crippen LogP contribution in [0.1, 0.15) is 4.88 Å². The van der Waals surface area contributed by atoms with Crippen molar-refractivity contribution in [1.29, 1.82) is 5.26 Å². The minimum atomic E-state index is 0.315. The van der Waals surface area contributed by atoms with Crippen LogP contribution in [-0.2, 0) is 0 Å². The summed E-state index contributed by atoms with van der Waals surface area (Å²) in [6.07, 6.45) is 1.50. The number of hydrogen-bond acceptors (Lipinski definition) is 4. The van der Waals surface area contributed by atoms with Crippen molar-refractivity contribution in [1.82, 2.24) is 0 Å². The second kappa shape index (κ2) is 3.37. The fraction of sp³-hybridized carbons (Fsp3) is 0. The Hall–Kier alpha value is -1.44. The molecule has 0 radical (unpaired) electrons. The first-order valence-corrected chi connectivity index (χ1v) is 4.94. The van der Waals surface area contributed by atoms with Crippen LogP contribution < -0.4 is 5.73 Å². The van der Waals surface area contributed by atoms with E-state index in [1.54, 1.807) is 12.1 Å². The van der Waals surface area contributed by atoms with Gasteiger partial charge in [0.05, 0.1) is 12.0 Å². The average Bonchev–Trinajstić information content (AvgIpc) is 2.71. The fourth-order valence-corrected chi connectivity index (χ4v) is 2.27. The van der Waals surface area contributed by atoms with Gasteiger partial charge in [0.2, 0.25) is 5.22 Å². The Labute approximate surface area is 89.3 Å². The average molecular weight is 225 g/mol. The van der Waals surface area contributed by atoms with Crippen LogP contribution in [0, 0.1) is 11.3 Å². The lowest BCUT2D eigenvalue weighted by atomic mass is 10.2. The molecule has 5 heteroatoms. The molecule has 0 saturated heterocycles. The van der Waals surface area contributed by atoms with E-state index < -0.39 is 0 Å². The van der Waals surface area contributed by atoms with Crippen molar-refractivity contribution in [3.63, 3.8) is 0 Å². The fourth-order valence-electron chi connectivity index (χ4n) is 1.10. The summed E-state index contributed by atoms with van der Waals surface area (Å²) >= 11 is 7.10. The molecule has 2 N–H and O–H groups in total. The number of furan rings is 1. The molecule has 0 aliphatic heterocycles. The van der Waals surface area contributed by atoms with E-state index in [4.69, 9.17) is 27.0 Å². The molecular weight excluding hydrogens is 220 g/mol. The topological polar surface area (TPSA) is 63.0 Å². The Morgan fingerprint density at radius 3 is 2.86 bits per heavy atom. The molecule has 0 aliphatic rings. The second-order valence-electron chi connectivity index (χ2n) is 2.61. The van der Waals surface area contributed by atoms with Crippen molar-refractivity contribution in [3.8, 4) is 16.5 Å². The molecule has 0 spiro atoms. The maximum absolute atomic E-state index is 8.72. The van der Waals surface area contributed by atoms with Gasteiger partial charge in [-0.2, -0.15) is 5.26 Å². The number of nitrogens with zero attached hydrogens (tertiary/aromatic N) is 1. The highest BCUT2D eigenvalue weighted by Crippen LogP contribution is 2.36. The zero-order valence-corrected chi connectivity index (χ0v) is 8.52. The first-order chi connectivity index (χ1) is 6.72. The molecule has 0 aromatic carbocycles. The van der Waals surface area contributed by atoms with Crippen molar-refractivity contribution >= 4 is 28.6 Å². The molecule has 2 aromatic rings. The highest BCUT2D eigenvalue weighted by atomic mass is 35.5. The number of nitrogen functional groups attached to an aromatic ring is 1. The first kappa shape index (κ1) is 9.13. The van der Waals surface area contributed by atoms with E-state index >= 15 is 0 Å². The molecule has 3 nitrogen and oxygen atoms in total. The van der Waals surface area contributed by atoms with Crippen molar-refractivity contribution < 1.29 is 4.42 Å². The molecule has 0 atom stereocenters. The van der Waals surface area contributed by atoms with E-state index in [1.807, 2.05) is 6.07 Å². The molecule has 14 heavy (non-hydrogen) atoms. The molecule has 2 heterocycles. The van der Waals surface area contributed by atoms with Crippen LogP contribution >= 0.6 is 22.9 Å². The van der Waals surface area contributed by atoms with E-state index in [2.05, 4.69) is 0 Å². The number of thiophene rings is 1.